The highest BCUT2D eigenvalue weighted by Gasteiger charge is 2.20. The van der Waals surface area contributed by atoms with Gasteiger partial charge in [0.2, 0.25) is 5.91 Å². The van der Waals surface area contributed by atoms with E-state index in [2.05, 4.69) is 10.3 Å². The normalized spacial score (nSPS) is 10.7. The first-order valence-corrected chi connectivity index (χ1v) is 9.61. The molecule has 0 aliphatic rings. The molecule has 0 spiro atoms. The third kappa shape index (κ3) is 5.29. The number of amides is 2. The molecule has 0 aliphatic heterocycles. The molecule has 2 amide bonds. The standard InChI is InChI=1S/C19H25N3O3S/c1-5-20-17(23)11-22(6-2)19(24)16-12-26-18(21-16)14-7-9-15(10-8-14)25-13(3)4/h7-10,12-13H,5-6,11H2,1-4H3,(H,20,23). The van der Waals surface area contributed by atoms with Gasteiger partial charge in [0.25, 0.3) is 5.91 Å². The van der Waals surface area contributed by atoms with E-state index in [1.165, 1.54) is 16.2 Å². The number of hydrogen-bond acceptors (Lipinski definition) is 5. The molecule has 2 rings (SSSR count). The molecule has 2 aromatic rings. The van der Waals surface area contributed by atoms with Crippen molar-refractivity contribution in [2.24, 2.45) is 0 Å². The molecular weight excluding hydrogens is 350 g/mol. The van der Waals surface area contributed by atoms with E-state index in [0.29, 0.717) is 18.8 Å². The predicted octanol–water partition coefficient (Wildman–Crippen LogP) is 3.20. The third-order valence-electron chi connectivity index (χ3n) is 3.57. The van der Waals surface area contributed by atoms with E-state index in [4.69, 9.17) is 4.74 Å². The van der Waals surface area contributed by atoms with Crippen LogP contribution in [0.2, 0.25) is 0 Å². The van der Waals surface area contributed by atoms with Crippen molar-refractivity contribution in [3.63, 3.8) is 0 Å². The van der Waals surface area contributed by atoms with E-state index in [9.17, 15) is 9.59 Å². The second-order valence-corrected chi connectivity index (χ2v) is 6.86. The Balaban J connectivity index is 2.10. The fourth-order valence-electron chi connectivity index (χ4n) is 2.37. The van der Waals surface area contributed by atoms with Gasteiger partial charge in [0, 0.05) is 24.0 Å². The fourth-order valence-corrected chi connectivity index (χ4v) is 3.17. The van der Waals surface area contributed by atoms with Crippen LogP contribution in [0.5, 0.6) is 5.75 Å². The van der Waals surface area contributed by atoms with E-state index in [1.54, 1.807) is 5.38 Å². The van der Waals surface area contributed by atoms with E-state index in [-0.39, 0.29) is 24.5 Å². The van der Waals surface area contributed by atoms with E-state index in [0.717, 1.165) is 16.3 Å². The summed E-state index contributed by atoms with van der Waals surface area (Å²) < 4.78 is 5.64. The second-order valence-electron chi connectivity index (χ2n) is 6.00. The monoisotopic (exact) mass is 375 g/mol. The topological polar surface area (TPSA) is 71.5 Å². The molecule has 1 N–H and O–H groups in total. The van der Waals surface area contributed by atoms with Crippen molar-refractivity contribution < 1.29 is 14.3 Å². The SMILES string of the molecule is CCNC(=O)CN(CC)C(=O)c1csc(-c2ccc(OC(C)C)cc2)n1. The highest BCUT2D eigenvalue weighted by atomic mass is 32.1. The molecule has 6 nitrogen and oxygen atoms in total. The van der Waals surface area contributed by atoms with Gasteiger partial charge in [-0.25, -0.2) is 4.98 Å². The smallest absolute Gasteiger partial charge is 0.273 e. The van der Waals surface area contributed by atoms with Gasteiger partial charge in [-0.05, 0) is 52.0 Å². The van der Waals surface area contributed by atoms with Crippen molar-refractivity contribution in [2.75, 3.05) is 19.6 Å². The predicted molar refractivity (Wildman–Crippen MR) is 104 cm³/mol. The second kappa shape index (κ2) is 9.33. The van der Waals surface area contributed by atoms with Gasteiger partial charge in [-0.15, -0.1) is 11.3 Å². The van der Waals surface area contributed by atoms with Gasteiger partial charge in [-0.3, -0.25) is 9.59 Å². The molecule has 0 unspecified atom stereocenters. The van der Waals surface area contributed by atoms with E-state index >= 15 is 0 Å². The lowest BCUT2D eigenvalue weighted by atomic mass is 10.2. The van der Waals surface area contributed by atoms with Gasteiger partial charge >= 0.3 is 0 Å². The van der Waals surface area contributed by atoms with Crippen LogP contribution in [0.4, 0.5) is 0 Å². The van der Waals surface area contributed by atoms with Crippen LogP contribution in [0.1, 0.15) is 38.2 Å². The Morgan fingerprint density at radius 3 is 2.50 bits per heavy atom. The summed E-state index contributed by atoms with van der Waals surface area (Å²) in [7, 11) is 0. The lowest BCUT2D eigenvalue weighted by Gasteiger charge is -2.18. The molecule has 1 aromatic carbocycles. The Labute approximate surface area is 158 Å². The number of nitrogens with one attached hydrogen (secondary N) is 1. The molecule has 0 fully saturated rings. The van der Waals surface area contributed by atoms with Crippen LogP contribution < -0.4 is 10.1 Å². The molecule has 0 aliphatic carbocycles. The maximum Gasteiger partial charge on any atom is 0.273 e. The first-order chi connectivity index (χ1) is 12.4. The summed E-state index contributed by atoms with van der Waals surface area (Å²) in [5.74, 6) is 0.399. The number of nitrogens with zero attached hydrogens (tertiary/aromatic N) is 2. The Morgan fingerprint density at radius 1 is 1.23 bits per heavy atom. The summed E-state index contributed by atoms with van der Waals surface area (Å²) in [5.41, 5.74) is 1.29. The number of thiazole rings is 1. The Hall–Kier alpha value is -2.41. The molecule has 140 valence electrons. The van der Waals surface area contributed by atoms with Crippen LogP contribution in [0.3, 0.4) is 0 Å². The Kier molecular flexibility index (Phi) is 7.15. The van der Waals surface area contributed by atoms with Gasteiger partial charge in [0.1, 0.15) is 16.5 Å². The first-order valence-electron chi connectivity index (χ1n) is 8.73. The van der Waals surface area contributed by atoms with Crippen LogP contribution in [-0.2, 0) is 4.79 Å². The zero-order valence-corrected chi connectivity index (χ0v) is 16.4. The lowest BCUT2D eigenvalue weighted by molar-refractivity contribution is -0.121. The van der Waals surface area contributed by atoms with E-state index < -0.39 is 0 Å². The molecule has 1 aromatic heterocycles. The maximum atomic E-state index is 12.6. The maximum absolute atomic E-state index is 12.6. The first kappa shape index (κ1) is 19.9. The van der Waals surface area contributed by atoms with Crippen LogP contribution in [0.25, 0.3) is 10.6 Å². The number of rotatable bonds is 8. The van der Waals surface area contributed by atoms with Crippen molar-refractivity contribution in [1.29, 1.82) is 0 Å². The van der Waals surface area contributed by atoms with Crippen molar-refractivity contribution in [3.05, 3.63) is 35.3 Å². The Bertz CT molecular complexity index is 741. The molecule has 26 heavy (non-hydrogen) atoms. The molecule has 0 saturated heterocycles. The molecular formula is C19H25N3O3S. The molecule has 0 bridgehead atoms. The average molecular weight is 375 g/mol. The van der Waals surface area contributed by atoms with Crippen LogP contribution in [0, 0.1) is 0 Å². The summed E-state index contributed by atoms with van der Waals surface area (Å²) in [6.07, 6.45) is 0.120. The summed E-state index contributed by atoms with van der Waals surface area (Å²) in [5, 5.41) is 5.20. The number of ether oxygens (including phenoxy) is 1. The van der Waals surface area contributed by atoms with Crippen LogP contribution in [0.15, 0.2) is 29.6 Å². The fraction of sp³-hybridized carbons (Fsp3) is 0.421. The summed E-state index contributed by atoms with van der Waals surface area (Å²) in [6.45, 7) is 8.68. The van der Waals surface area contributed by atoms with Crippen molar-refractivity contribution >= 4 is 23.2 Å². The van der Waals surface area contributed by atoms with Crippen LogP contribution >= 0.6 is 11.3 Å². The largest absolute Gasteiger partial charge is 0.491 e. The number of benzene rings is 1. The molecule has 7 heteroatoms. The zero-order valence-electron chi connectivity index (χ0n) is 15.6. The van der Waals surface area contributed by atoms with Gasteiger partial charge in [0.05, 0.1) is 12.6 Å². The molecule has 0 saturated carbocycles. The summed E-state index contributed by atoms with van der Waals surface area (Å²) >= 11 is 1.41. The van der Waals surface area contributed by atoms with Crippen molar-refractivity contribution in [2.45, 2.75) is 33.8 Å². The van der Waals surface area contributed by atoms with Gasteiger partial charge < -0.3 is 15.0 Å². The molecule has 0 radical (unpaired) electrons. The highest BCUT2D eigenvalue weighted by molar-refractivity contribution is 7.13. The summed E-state index contributed by atoms with van der Waals surface area (Å²) in [6, 6.07) is 7.64. The van der Waals surface area contributed by atoms with Crippen molar-refractivity contribution in [1.82, 2.24) is 15.2 Å². The quantitative estimate of drug-likeness (QED) is 0.769. The van der Waals surface area contributed by atoms with E-state index in [1.807, 2.05) is 52.0 Å². The number of aromatic nitrogens is 1. The molecule has 1 heterocycles. The third-order valence-corrected chi connectivity index (χ3v) is 4.47. The van der Waals surface area contributed by atoms with Gasteiger partial charge in [0.15, 0.2) is 0 Å². The lowest BCUT2D eigenvalue weighted by Crippen LogP contribution is -2.40. The minimum atomic E-state index is -0.235. The van der Waals surface area contributed by atoms with Gasteiger partial charge in [-0.1, -0.05) is 0 Å². The summed E-state index contributed by atoms with van der Waals surface area (Å²) in [4.78, 5) is 30.3. The minimum Gasteiger partial charge on any atom is -0.491 e. The number of carbonyl (C=O) groups excluding carboxylic acids is 2. The highest BCUT2D eigenvalue weighted by Crippen LogP contribution is 2.26. The van der Waals surface area contributed by atoms with Crippen LogP contribution in [-0.4, -0.2) is 47.4 Å². The zero-order chi connectivity index (χ0) is 19.1. The number of hydrogen-bond donors (Lipinski definition) is 1. The Morgan fingerprint density at radius 2 is 1.92 bits per heavy atom. The molecule has 0 atom stereocenters. The number of carbonyl (C=O) groups is 2. The van der Waals surface area contributed by atoms with Crippen molar-refractivity contribution in [3.8, 4) is 16.3 Å². The van der Waals surface area contributed by atoms with Gasteiger partial charge in [-0.2, -0.15) is 0 Å². The average Bonchev–Trinajstić information content (AvgIpc) is 3.09. The minimum absolute atomic E-state index is 0.0390. The number of likely N-dealkylation sites (N-methyl/N-ethyl adjacent to an activating group) is 2.